The van der Waals surface area contributed by atoms with Crippen LogP contribution in [0.15, 0.2) is 18.2 Å². The average Bonchev–Trinajstić information content (AvgIpc) is 2.16. The Morgan fingerprint density at radius 1 is 1.50 bits per heavy atom. The van der Waals surface area contributed by atoms with Crippen LogP contribution in [0.1, 0.15) is 18.4 Å². The number of benzene rings is 1. The number of methoxy groups -OCH3 is 1. The van der Waals surface area contributed by atoms with Crippen LogP contribution in [0.5, 0.6) is 5.75 Å². The van der Waals surface area contributed by atoms with Crippen molar-refractivity contribution in [3.05, 3.63) is 40.8 Å². The summed E-state index contributed by atoms with van der Waals surface area (Å²) in [5, 5.41) is 10.6. The van der Waals surface area contributed by atoms with Gasteiger partial charge in [0.2, 0.25) is 0 Å². The third-order valence-corrected chi connectivity index (χ3v) is 1.93. The van der Waals surface area contributed by atoms with Crippen molar-refractivity contribution in [2.45, 2.75) is 12.8 Å². The van der Waals surface area contributed by atoms with Gasteiger partial charge < -0.3 is 4.74 Å². The van der Waals surface area contributed by atoms with Gasteiger partial charge in [-0.05, 0) is 24.5 Å². The minimum absolute atomic E-state index is 0.00352. The van der Waals surface area contributed by atoms with Gasteiger partial charge in [0, 0.05) is 6.07 Å². The third-order valence-electron chi connectivity index (χ3n) is 1.93. The quantitative estimate of drug-likeness (QED) is 0.548. The van der Waals surface area contributed by atoms with E-state index in [1.54, 1.807) is 6.07 Å². The summed E-state index contributed by atoms with van der Waals surface area (Å²) < 4.78 is 4.96. The molecule has 0 spiro atoms. The van der Waals surface area contributed by atoms with E-state index >= 15 is 0 Å². The summed E-state index contributed by atoms with van der Waals surface area (Å²) in [4.78, 5) is 10.1. The molecule has 1 rings (SSSR count). The highest BCUT2D eigenvalue weighted by Crippen LogP contribution is 2.26. The van der Waals surface area contributed by atoms with Crippen LogP contribution in [0.25, 0.3) is 0 Å². The van der Waals surface area contributed by atoms with Gasteiger partial charge in [-0.1, -0.05) is 6.92 Å². The zero-order valence-corrected chi connectivity index (χ0v) is 8.19. The summed E-state index contributed by atoms with van der Waals surface area (Å²) in [5.41, 5.74) is 0.839. The van der Waals surface area contributed by atoms with Crippen molar-refractivity contribution < 1.29 is 9.66 Å². The first kappa shape index (κ1) is 10.5. The molecule has 1 aromatic carbocycles. The highest BCUT2D eigenvalue weighted by Gasteiger charge is 2.11. The van der Waals surface area contributed by atoms with Crippen molar-refractivity contribution in [1.82, 2.24) is 0 Å². The molecule has 0 aromatic heterocycles. The fourth-order valence-corrected chi connectivity index (χ4v) is 1.11. The van der Waals surface area contributed by atoms with E-state index in [1.807, 2.05) is 6.92 Å². The maximum absolute atomic E-state index is 10.6. The molecule has 0 fully saturated rings. The third kappa shape index (κ3) is 2.22. The van der Waals surface area contributed by atoms with E-state index in [1.165, 1.54) is 19.2 Å². The van der Waals surface area contributed by atoms with Crippen LogP contribution in [0, 0.1) is 17.0 Å². The van der Waals surface area contributed by atoms with E-state index in [0.717, 1.165) is 5.56 Å². The van der Waals surface area contributed by atoms with Crippen molar-refractivity contribution >= 4 is 5.69 Å². The van der Waals surface area contributed by atoms with Crippen LogP contribution in [0.4, 0.5) is 5.69 Å². The van der Waals surface area contributed by atoms with Crippen LogP contribution in [-0.4, -0.2) is 12.0 Å². The molecule has 0 aliphatic carbocycles. The van der Waals surface area contributed by atoms with Gasteiger partial charge in [-0.2, -0.15) is 0 Å². The van der Waals surface area contributed by atoms with E-state index in [4.69, 9.17) is 4.74 Å². The monoisotopic (exact) mass is 194 g/mol. The highest BCUT2D eigenvalue weighted by atomic mass is 16.6. The second-order valence-corrected chi connectivity index (χ2v) is 3.12. The number of non-ortho nitro benzene ring substituents is 1. The Balaban J connectivity index is 3.20. The molecule has 14 heavy (non-hydrogen) atoms. The molecule has 4 nitrogen and oxygen atoms in total. The van der Waals surface area contributed by atoms with Gasteiger partial charge in [0.1, 0.15) is 5.75 Å². The van der Waals surface area contributed by atoms with Gasteiger partial charge in [0.25, 0.3) is 5.69 Å². The van der Waals surface area contributed by atoms with E-state index in [9.17, 15) is 10.1 Å². The number of nitrogens with zero attached hydrogens (tertiary/aromatic N) is 1. The van der Waals surface area contributed by atoms with Crippen molar-refractivity contribution in [2.75, 3.05) is 7.11 Å². The minimum atomic E-state index is -0.436. The lowest BCUT2D eigenvalue weighted by atomic mass is 10.0. The molecule has 1 unspecified atom stereocenters. The molecule has 0 heterocycles. The number of nitro groups is 1. The molecule has 4 heteroatoms. The van der Waals surface area contributed by atoms with Crippen molar-refractivity contribution in [1.29, 1.82) is 0 Å². The summed E-state index contributed by atoms with van der Waals surface area (Å²) in [5.74, 6) is 0.494. The molecule has 0 aliphatic rings. The zero-order chi connectivity index (χ0) is 10.7. The Morgan fingerprint density at radius 3 is 2.57 bits per heavy atom. The Hall–Kier alpha value is -1.58. The number of hydrogen-bond acceptors (Lipinski definition) is 3. The van der Waals surface area contributed by atoms with E-state index in [0.29, 0.717) is 5.75 Å². The molecule has 0 saturated heterocycles. The fraction of sp³-hybridized carbons (Fsp3) is 0.300. The van der Waals surface area contributed by atoms with Crippen LogP contribution >= 0.6 is 0 Å². The highest BCUT2D eigenvalue weighted by molar-refractivity contribution is 5.44. The fourth-order valence-electron chi connectivity index (χ4n) is 1.11. The lowest BCUT2D eigenvalue weighted by Gasteiger charge is -2.07. The van der Waals surface area contributed by atoms with Crippen molar-refractivity contribution in [3.63, 3.8) is 0 Å². The predicted octanol–water partition coefficient (Wildman–Crippen LogP) is 2.54. The number of ether oxygens (including phenoxy) is 1. The summed E-state index contributed by atoms with van der Waals surface area (Å²) >= 11 is 0. The van der Waals surface area contributed by atoms with Gasteiger partial charge in [-0.15, -0.1) is 0 Å². The molecule has 0 N–H and O–H groups in total. The van der Waals surface area contributed by atoms with E-state index < -0.39 is 4.92 Å². The summed E-state index contributed by atoms with van der Waals surface area (Å²) in [6.45, 7) is 5.68. The predicted molar refractivity (Wildman–Crippen MR) is 53.4 cm³/mol. The SMILES string of the molecule is [CH2]C(C)c1cc(OC)cc([N+](=O)[O-])c1. The van der Waals surface area contributed by atoms with Gasteiger partial charge in [0.05, 0.1) is 18.1 Å². The van der Waals surface area contributed by atoms with Gasteiger partial charge in [-0.25, -0.2) is 0 Å². The van der Waals surface area contributed by atoms with Crippen molar-refractivity contribution in [3.8, 4) is 5.75 Å². The van der Waals surface area contributed by atoms with Crippen LogP contribution in [0.3, 0.4) is 0 Å². The molecule has 0 aliphatic heterocycles. The number of nitro benzene ring substituents is 1. The standard InChI is InChI=1S/C10H12NO3/c1-7(2)8-4-9(11(12)13)6-10(5-8)14-3/h4-7H,1H2,2-3H3. The molecule has 1 aromatic rings. The van der Waals surface area contributed by atoms with Crippen molar-refractivity contribution in [2.24, 2.45) is 0 Å². The first-order valence-corrected chi connectivity index (χ1v) is 4.21. The number of rotatable bonds is 3. The molecular formula is C10H12NO3. The van der Waals surface area contributed by atoms with Gasteiger partial charge in [0.15, 0.2) is 0 Å². The van der Waals surface area contributed by atoms with Crippen LogP contribution in [-0.2, 0) is 0 Å². The smallest absolute Gasteiger partial charge is 0.273 e. The van der Waals surface area contributed by atoms with E-state index in [2.05, 4.69) is 6.92 Å². The Bertz CT molecular complexity index is 347. The Labute approximate surface area is 82.7 Å². The second kappa shape index (κ2) is 4.09. The van der Waals surface area contributed by atoms with Crippen LogP contribution < -0.4 is 4.74 Å². The molecule has 1 atom stereocenters. The normalized spacial score (nSPS) is 10.3. The molecule has 0 saturated carbocycles. The first-order valence-electron chi connectivity index (χ1n) is 4.21. The number of hydrogen-bond donors (Lipinski definition) is 0. The maximum atomic E-state index is 10.6. The molecule has 1 radical (unpaired) electrons. The maximum Gasteiger partial charge on any atom is 0.273 e. The van der Waals surface area contributed by atoms with Crippen LogP contribution in [0.2, 0.25) is 0 Å². The lowest BCUT2D eigenvalue weighted by molar-refractivity contribution is -0.385. The lowest BCUT2D eigenvalue weighted by Crippen LogP contribution is -1.95. The Morgan fingerprint density at radius 2 is 2.14 bits per heavy atom. The first-order chi connectivity index (χ1) is 6.54. The summed E-state index contributed by atoms with van der Waals surface area (Å²) in [6.07, 6.45) is 0. The minimum Gasteiger partial charge on any atom is -0.496 e. The largest absolute Gasteiger partial charge is 0.496 e. The summed E-state index contributed by atoms with van der Waals surface area (Å²) in [6, 6.07) is 4.66. The molecule has 0 amide bonds. The molecular weight excluding hydrogens is 182 g/mol. The molecule has 75 valence electrons. The summed E-state index contributed by atoms with van der Waals surface area (Å²) in [7, 11) is 1.48. The average molecular weight is 194 g/mol. The zero-order valence-electron chi connectivity index (χ0n) is 8.19. The molecule has 0 bridgehead atoms. The van der Waals surface area contributed by atoms with E-state index in [-0.39, 0.29) is 11.6 Å². The Kier molecular flexibility index (Phi) is 3.06. The van der Waals surface area contributed by atoms with Gasteiger partial charge >= 0.3 is 0 Å². The second-order valence-electron chi connectivity index (χ2n) is 3.12. The topological polar surface area (TPSA) is 52.4 Å². The van der Waals surface area contributed by atoms with Gasteiger partial charge in [-0.3, -0.25) is 10.1 Å².